The van der Waals surface area contributed by atoms with E-state index in [1.165, 1.54) is 5.56 Å². The number of phenolic OH excluding ortho intramolecular Hbond substituents is 1. The molecule has 0 fully saturated rings. The fourth-order valence-electron chi connectivity index (χ4n) is 1.98. The van der Waals surface area contributed by atoms with Gasteiger partial charge in [0.2, 0.25) is 0 Å². The van der Waals surface area contributed by atoms with Crippen LogP contribution in [0.3, 0.4) is 0 Å². The Morgan fingerprint density at radius 3 is 2.47 bits per heavy atom. The van der Waals surface area contributed by atoms with Crippen molar-refractivity contribution in [1.82, 2.24) is 0 Å². The van der Waals surface area contributed by atoms with E-state index in [-0.39, 0.29) is 0 Å². The summed E-state index contributed by atoms with van der Waals surface area (Å²) in [4.78, 5) is 0. The summed E-state index contributed by atoms with van der Waals surface area (Å²) >= 11 is 0. The monoisotopic (exact) mass is 224 g/mol. The van der Waals surface area contributed by atoms with E-state index < -0.39 is 0 Å². The lowest BCUT2D eigenvalue weighted by atomic mass is 9.97. The van der Waals surface area contributed by atoms with Gasteiger partial charge in [0.1, 0.15) is 5.75 Å². The van der Waals surface area contributed by atoms with Crippen molar-refractivity contribution < 1.29 is 5.11 Å². The number of rotatable bonds is 4. The number of aromatic hydroxyl groups is 1. The zero-order valence-corrected chi connectivity index (χ0v) is 9.76. The van der Waals surface area contributed by atoms with Crippen LogP contribution in [0.5, 0.6) is 5.75 Å². The maximum Gasteiger partial charge on any atom is 0.119 e. The highest BCUT2D eigenvalue weighted by atomic mass is 16.3. The average Bonchev–Trinajstić information content (AvgIpc) is 2.35. The van der Waals surface area contributed by atoms with Crippen molar-refractivity contribution in [3.63, 3.8) is 0 Å². The predicted octanol–water partition coefficient (Wildman–Crippen LogP) is 3.71. The standard InChI is InChI=1S/C16H16O/c1-2-7-15-14(10-6-11-16(15)17)12-13-8-4-3-5-9-13/h2-6,8-11,17H,1,7,12H2. The highest BCUT2D eigenvalue weighted by Crippen LogP contribution is 2.24. The third-order valence-electron chi connectivity index (χ3n) is 2.83. The molecule has 0 aliphatic heterocycles. The number of phenols is 1. The topological polar surface area (TPSA) is 20.2 Å². The molecule has 0 saturated heterocycles. The number of benzene rings is 2. The van der Waals surface area contributed by atoms with Crippen LogP contribution < -0.4 is 0 Å². The van der Waals surface area contributed by atoms with Gasteiger partial charge in [-0.1, -0.05) is 48.5 Å². The molecule has 2 aromatic carbocycles. The highest BCUT2D eigenvalue weighted by Gasteiger charge is 2.06. The first-order chi connectivity index (χ1) is 8.31. The van der Waals surface area contributed by atoms with Gasteiger partial charge in [-0.3, -0.25) is 0 Å². The summed E-state index contributed by atoms with van der Waals surface area (Å²) in [5.41, 5.74) is 3.39. The van der Waals surface area contributed by atoms with Crippen molar-refractivity contribution >= 4 is 0 Å². The SMILES string of the molecule is C=CCc1c(O)cccc1Cc1ccccc1. The van der Waals surface area contributed by atoms with E-state index in [0.717, 1.165) is 17.5 Å². The van der Waals surface area contributed by atoms with Gasteiger partial charge >= 0.3 is 0 Å². The zero-order valence-electron chi connectivity index (χ0n) is 9.76. The molecule has 0 heterocycles. The molecule has 0 saturated carbocycles. The van der Waals surface area contributed by atoms with Crippen LogP contribution >= 0.6 is 0 Å². The molecule has 0 amide bonds. The van der Waals surface area contributed by atoms with Gasteiger partial charge < -0.3 is 5.11 Å². The molecule has 1 nitrogen and oxygen atoms in total. The van der Waals surface area contributed by atoms with Crippen LogP contribution in [0.2, 0.25) is 0 Å². The van der Waals surface area contributed by atoms with Crippen LogP contribution in [-0.2, 0) is 12.8 Å². The first kappa shape index (κ1) is 11.5. The molecule has 17 heavy (non-hydrogen) atoms. The molecule has 0 atom stereocenters. The summed E-state index contributed by atoms with van der Waals surface area (Å²) in [7, 11) is 0. The smallest absolute Gasteiger partial charge is 0.119 e. The summed E-state index contributed by atoms with van der Waals surface area (Å²) in [6, 6.07) is 16.0. The molecule has 2 rings (SSSR count). The Morgan fingerprint density at radius 2 is 1.76 bits per heavy atom. The zero-order chi connectivity index (χ0) is 12.1. The van der Waals surface area contributed by atoms with Crippen molar-refractivity contribution in [3.05, 3.63) is 77.9 Å². The average molecular weight is 224 g/mol. The van der Waals surface area contributed by atoms with Gasteiger partial charge in [-0.05, 0) is 30.0 Å². The van der Waals surface area contributed by atoms with E-state index in [1.807, 2.05) is 30.3 Å². The third kappa shape index (κ3) is 2.76. The molecule has 0 aliphatic rings. The van der Waals surface area contributed by atoms with E-state index in [1.54, 1.807) is 6.07 Å². The van der Waals surface area contributed by atoms with E-state index in [2.05, 4.69) is 24.8 Å². The fraction of sp³-hybridized carbons (Fsp3) is 0.125. The molecule has 0 bridgehead atoms. The van der Waals surface area contributed by atoms with Crippen LogP contribution in [0.25, 0.3) is 0 Å². The lowest BCUT2D eigenvalue weighted by Crippen LogP contribution is -1.95. The normalized spacial score (nSPS) is 10.1. The highest BCUT2D eigenvalue weighted by molar-refractivity contribution is 5.42. The summed E-state index contributed by atoms with van der Waals surface area (Å²) in [5, 5.41) is 9.85. The Balaban J connectivity index is 2.32. The fourth-order valence-corrected chi connectivity index (χ4v) is 1.98. The van der Waals surface area contributed by atoms with Crippen molar-refractivity contribution in [2.24, 2.45) is 0 Å². The first-order valence-corrected chi connectivity index (χ1v) is 5.76. The second-order valence-electron chi connectivity index (χ2n) is 4.07. The van der Waals surface area contributed by atoms with E-state index in [9.17, 15) is 5.11 Å². The maximum atomic E-state index is 9.85. The maximum absolute atomic E-state index is 9.85. The molecular formula is C16H16O. The molecular weight excluding hydrogens is 208 g/mol. The van der Waals surface area contributed by atoms with Gasteiger partial charge in [0.05, 0.1) is 0 Å². The summed E-state index contributed by atoms with van der Waals surface area (Å²) in [6.45, 7) is 3.73. The molecule has 0 aromatic heterocycles. The van der Waals surface area contributed by atoms with Crippen LogP contribution in [0, 0.1) is 0 Å². The molecule has 0 spiro atoms. The minimum atomic E-state index is 0.360. The third-order valence-corrected chi connectivity index (χ3v) is 2.83. The largest absolute Gasteiger partial charge is 0.508 e. The molecule has 0 aliphatic carbocycles. The van der Waals surface area contributed by atoms with E-state index in [4.69, 9.17) is 0 Å². The van der Waals surface area contributed by atoms with Crippen LogP contribution in [0.4, 0.5) is 0 Å². The quantitative estimate of drug-likeness (QED) is 0.785. The number of hydrogen-bond donors (Lipinski definition) is 1. The van der Waals surface area contributed by atoms with E-state index >= 15 is 0 Å². The van der Waals surface area contributed by atoms with Crippen molar-refractivity contribution in [3.8, 4) is 5.75 Å². The Labute approximate surface area is 102 Å². The summed E-state index contributed by atoms with van der Waals surface area (Å²) in [6.07, 6.45) is 3.37. The van der Waals surface area contributed by atoms with Crippen LogP contribution in [0.15, 0.2) is 61.2 Å². The summed E-state index contributed by atoms with van der Waals surface area (Å²) in [5.74, 6) is 0.360. The molecule has 1 N–H and O–H groups in total. The molecule has 86 valence electrons. The van der Waals surface area contributed by atoms with Crippen LogP contribution in [-0.4, -0.2) is 5.11 Å². The van der Waals surface area contributed by atoms with Crippen molar-refractivity contribution in [2.75, 3.05) is 0 Å². The Bertz CT molecular complexity index is 500. The second kappa shape index (κ2) is 5.35. The molecule has 0 radical (unpaired) electrons. The van der Waals surface area contributed by atoms with Crippen molar-refractivity contribution in [2.45, 2.75) is 12.8 Å². The van der Waals surface area contributed by atoms with Crippen molar-refractivity contribution in [1.29, 1.82) is 0 Å². The number of allylic oxidation sites excluding steroid dienone is 1. The lowest BCUT2D eigenvalue weighted by molar-refractivity contribution is 0.469. The van der Waals surface area contributed by atoms with Gasteiger partial charge in [0, 0.05) is 5.56 Å². The number of hydrogen-bond acceptors (Lipinski definition) is 1. The van der Waals surface area contributed by atoms with Gasteiger partial charge in [0.25, 0.3) is 0 Å². The summed E-state index contributed by atoms with van der Waals surface area (Å²) < 4.78 is 0. The van der Waals surface area contributed by atoms with Gasteiger partial charge in [0.15, 0.2) is 0 Å². The van der Waals surface area contributed by atoms with Gasteiger partial charge in [-0.2, -0.15) is 0 Å². The van der Waals surface area contributed by atoms with Gasteiger partial charge in [-0.15, -0.1) is 6.58 Å². The minimum Gasteiger partial charge on any atom is -0.508 e. The Kier molecular flexibility index (Phi) is 3.61. The Hall–Kier alpha value is -2.02. The predicted molar refractivity (Wildman–Crippen MR) is 71.3 cm³/mol. The lowest BCUT2D eigenvalue weighted by Gasteiger charge is -2.10. The Morgan fingerprint density at radius 1 is 1.00 bits per heavy atom. The molecule has 0 unspecified atom stereocenters. The van der Waals surface area contributed by atoms with Gasteiger partial charge in [-0.25, -0.2) is 0 Å². The molecule has 1 heteroatoms. The second-order valence-corrected chi connectivity index (χ2v) is 4.07. The van der Waals surface area contributed by atoms with E-state index in [0.29, 0.717) is 12.2 Å². The van der Waals surface area contributed by atoms with Crippen LogP contribution in [0.1, 0.15) is 16.7 Å². The molecule has 2 aromatic rings. The first-order valence-electron chi connectivity index (χ1n) is 5.76. The minimum absolute atomic E-state index is 0.360.